The topological polar surface area (TPSA) is 54.9 Å². The number of hydrogen-bond donors (Lipinski definition) is 1. The molecule has 1 saturated carbocycles. The van der Waals surface area contributed by atoms with E-state index in [-0.39, 0.29) is 5.91 Å². The van der Waals surface area contributed by atoms with E-state index >= 15 is 0 Å². The van der Waals surface area contributed by atoms with Gasteiger partial charge in [0.05, 0.1) is 5.41 Å². The highest BCUT2D eigenvalue weighted by atomic mass is 32.1. The molecule has 2 rings (SSSR count). The minimum absolute atomic E-state index is 0.297. The van der Waals surface area contributed by atoms with E-state index in [1.807, 2.05) is 6.92 Å². The minimum atomic E-state index is -1.02. The zero-order valence-electron chi connectivity index (χ0n) is 8.58. The van der Waals surface area contributed by atoms with Gasteiger partial charge in [0.15, 0.2) is 0 Å². The lowest BCUT2D eigenvalue weighted by Crippen LogP contribution is -2.23. The van der Waals surface area contributed by atoms with Crippen LogP contribution in [0.25, 0.3) is 0 Å². The molecule has 6 heteroatoms. The lowest BCUT2D eigenvalue weighted by atomic mass is 10.1. The number of nitrogens with one attached hydrogen (secondary N) is 1. The summed E-state index contributed by atoms with van der Waals surface area (Å²) in [6.07, 6.45) is 0.0745. The van der Waals surface area contributed by atoms with Crippen molar-refractivity contribution in [1.82, 2.24) is 10.2 Å². The van der Waals surface area contributed by atoms with E-state index in [0.717, 1.165) is 11.4 Å². The molecule has 4 nitrogen and oxygen atoms in total. The number of carbonyl (C=O) groups excluding carboxylic acids is 1. The molecule has 82 valence electrons. The molecule has 1 fully saturated rings. The van der Waals surface area contributed by atoms with Crippen molar-refractivity contribution >= 4 is 22.4 Å². The highest BCUT2D eigenvalue weighted by Crippen LogP contribution is 2.48. The molecule has 0 bridgehead atoms. The third-order valence-electron chi connectivity index (χ3n) is 2.64. The molecule has 0 radical (unpaired) electrons. The van der Waals surface area contributed by atoms with Crippen LogP contribution in [0.3, 0.4) is 0 Å². The summed E-state index contributed by atoms with van der Waals surface area (Å²) in [5.74, 6) is -0.297. The van der Waals surface area contributed by atoms with E-state index in [1.165, 1.54) is 11.3 Å². The van der Waals surface area contributed by atoms with E-state index in [4.69, 9.17) is 0 Å². The van der Waals surface area contributed by atoms with Gasteiger partial charge in [0.1, 0.15) is 11.2 Å². The molecular formula is C9H12FN3OS. The molecule has 1 heterocycles. The van der Waals surface area contributed by atoms with Gasteiger partial charge in [-0.05, 0) is 19.8 Å². The molecule has 1 aromatic heterocycles. The minimum Gasteiger partial charge on any atom is -0.300 e. The van der Waals surface area contributed by atoms with Crippen molar-refractivity contribution in [2.75, 3.05) is 5.32 Å². The Balaban J connectivity index is 2.00. The quantitative estimate of drug-likeness (QED) is 0.859. The predicted octanol–water partition coefficient (Wildman–Crippen LogP) is 1.79. The molecule has 15 heavy (non-hydrogen) atoms. The standard InChI is InChI=1S/C9H12FN3OS/c1-3-6-12-13-8(15-6)11-7(14)9(2)4-5(9)10/h5H,3-4H2,1-2H3,(H,11,13,14). The van der Waals surface area contributed by atoms with Gasteiger partial charge in [-0.1, -0.05) is 18.3 Å². The summed E-state index contributed by atoms with van der Waals surface area (Å²) in [6, 6.07) is 0. The molecule has 1 amide bonds. The number of hydrogen-bond acceptors (Lipinski definition) is 4. The summed E-state index contributed by atoms with van der Waals surface area (Å²) in [5, 5.41) is 11.6. The fraction of sp³-hybridized carbons (Fsp3) is 0.667. The third kappa shape index (κ3) is 1.86. The first kappa shape index (κ1) is 10.5. The molecule has 1 aliphatic rings. The van der Waals surface area contributed by atoms with Crippen LogP contribution in [0.1, 0.15) is 25.3 Å². The molecule has 0 aromatic carbocycles. The number of aryl methyl sites for hydroxylation is 1. The van der Waals surface area contributed by atoms with Gasteiger partial charge in [0.2, 0.25) is 11.0 Å². The van der Waals surface area contributed by atoms with E-state index < -0.39 is 11.6 Å². The molecule has 1 N–H and O–H groups in total. The fourth-order valence-corrected chi connectivity index (χ4v) is 1.91. The van der Waals surface area contributed by atoms with Gasteiger partial charge in [-0.2, -0.15) is 0 Å². The number of aromatic nitrogens is 2. The number of amides is 1. The second-order valence-electron chi connectivity index (χ2n) is 3.90. The van der Waals surface area contributed by atoms with Gasteiger partial charge in [0, 0.05) is 0 Å². The Hall–Kier alpha value is -1.04. The van der Waals surface area contributed by atoms with E-state index in [9.17, 15) is 9.18 Å². The van der Waals surface area contributed by atoms with Gasteiger partial charge in [-0.3, -0.25) is 10.1 Å². The number of nitrogens with zero attached hydrogens (tertiary/aromatic N) is 2. The lowest BCUT2D eigenvalue weighted by molar-refractivity contribution is -0.121. The van der Waals surface area contributed by atoms with Crippen LogP contribution in [-0.2, 0) is 11.2 Å². The van der Waals surface area contributed by atoms with Crippen LogP contribution in [0.5, 0.6) is 0 Å². The summed E-state index contributed by atoms with van der Waals surface area (Å²) in [7, 11) is 0. The first-order valence-corrected chi connectivity index (χ1v) is 5.66. The van der Waals surface area contributed by atoms with Crippen molar-refractivity contribution in [1.29, 1.82) is 0 Å². The van der Waals surface area contributed by atoms with Crippen LogP contribution in [-0.4, -0.2) is 22.3 Å². The van der Waals surface area contributed by atoms with Gasteiger partial charge in [0.25, 0.3) is 0 Å². The molecule has 2 unspecified atom stereocenters. The molecule has 1 aromatic rings. The Morgan fingerprint density at radius 1 is 1.73 bits per heavy atom. The van der Waals surface area contributed by atoms with Crippen molar-refractivity contribution in [2.45, 2.75) is 32.9 Å². The maximum Gasteiger partial charge on any atom is 0.235 e. The van der Waals surface area contributed by atoms with Crippen LogP contribution in [0.2, 0.25) is 0 Å². The van der Waals surface area contributed by atoms with Crippen LogP contribution >= 0.6 is 11.3 Å². The van der Waals surface area contributed by atoms with E-state index in [0.29, 0.717) is 11.6 Å². The second-order valence-corrected chi connectivity index (χ2v) is 4.96. The molecular weight excluding hydrogens is 217 g/mol. The zero-order valence-corrected chi connectivity index (χ0v) is 9.40. The van der Waals surface area contributed by atoms with Crippen molar-refractivity contribution in [3.8, 4) is 0 Å². The third-order valence-corrected chi connectivity index (χ3v) is 3.63. The van der Waals surface area contributed by atoms with Crippen molar-refractivity contribution in [3.05, 3.63) is 5.01 Å². The summed E-state index contributed by atoms with van der Waals surface area (Å²) in [4.78, 5) is 11.6. The van der Waals surface area contributed by atoms with Crippen molar-refractivity contribution in [3.63, 3.8) is 0 Å². The molecule has 0 saturated heterocycles. The largest absolute Gasteiger partial charge is 0.300 e. The SMILES string of the molecule is CCc1nnc(NC(=O)C2(C)CC2F)s1. The first-order chi connectivity index (χ1) is 7.06. The van der Waals surface area contributed by atoms with Crippen LogP contribution in [0.4, 0.5) is 9.52 Å². The highest BCUT2D eigenvalue weighted by molar-refractivity contribution is 7.15. The normalized spacial score (nSPS) is 28.9. The predicted molar refractivity (Wildman–Crippen MR) is 55.5 cm³/mol. The zero-order chi connectivity index (χ0) is 11.1. The second kappa shape index (κ2) is 3.52. The molecule has 0 aliphatic heterocycles. The van der Waals surface area contributed by atoms with Crippen molar-refractivity contribution < 1.29 is 9.18 Å². The van der Waals surface area contributed by atoms with Gasteiger partial charge in [-0.25, -0.2) is 4.39 Å². The average Bonchev–Trinajstić information content (AvgIpc) is 2.66. The van der Waals surface area contributed by atoms with Crippen LogP contribution in [0.15, 0.2) is 0 Å². The summed E-state index contributed by atoms with van der Waals surface area (Å²) >= 11 is 1.33. The number of alkyl halides is 1. The van der Waals surface area contributed by atoms with E-state index in [1.54, 1.807) is 6.92 Å². The number of rotatable bonds is 3. The van der Waals surface area contributed by atoms with Crippen LogP contribution in [0, 0.1) is 5.41 Å². The van der Waals surface area contributed by atoms with Gasteiger partial charge < -0.3 is 0 Å². The van der Waals surface area contributed by atoms with E-state index in [2.05, 4.69) is 15.5 Å². The summed E-state index contributed by atoms with van der Waals surface area (Å²) in [6.45, 7) is 3.58. The number of carbonyl (C=O) groups is 1. The smallest absolute Gasteiger partial charge is 0.235 e. The fourth-order valence-electron chi connectivity index (χ4n) is 1.24. The Bertz CT molecular complexity index is 394. The Morgan fingerprint density at radius 2 is 2.40 bits per heavy atom. The maximum absolute atomic E-state index is 12.9. The number of halogens is 1. The average molecular weight is 229 g/mol. The first-order valence-electron chi connectivity index (χ1n) is 4.84. The number of anilines is 1. The maximum atomic E-state index is 12.9. The van der Waals surface area contributed by atoms with Crippen LogP contribution < -0.4 is 5.32 Å². The van der Waals surface area contributed by atoms with Gasteiger partial charge >= 0.3 is 0 Å². The van der Waals surface area contributed by atoms with Gasteiger partial charge in [-0.15, -0.1) is 10.2 Å². The Morgan fingerprint density at radius 3 is 2.87 bits per heavy atom. The molecule has 2 atom stereocenters. The summed E-state index contributed by atoms with van der Waals surface area (Å²) < 4.78 is 12.9. The monoisotopic (exact) mass is 229 g/mol. The van der Waals surface area contributed by atoms with Crippen molar-refractivity contribution in [2.24, 2.45) is 5.41 Å². The Kier molecular flexibility index (Phi) is 2.46. The Labute approximate surface area is 90.9 Å². The molecule has 1 aliphatic carbocycles. The summed E-state index contributed by atoms with van der Waals surface area (Å²) in [5.41, 5.74) is -0.849. The highest BCUT2D eigenvalue weighted by Gasteiger charge is 2.57. The lowest BCUT2D eigenvalue weighted by Gasteiger charge is -2.06. The molecule has 0 spiro atoms.